The second kappa shape index (κ2) is 3.25. The molecule has 0 fully saturated rings. The Balaban J connectivity index is 2.14. The first-order valence-electron chi connectivity index (χ1n) is 3.34. The summed E-state index contributed by atoms with van der Waals surface area (Å²) in [5.74, 6) is 0.554. The Morgan fingerprint density at radius 2 is 2.50 bits per heavy atom. The summed E-state index contributed by atoms with van der Waals surface area (Å²) in [5, 5.41) is 7.69. The van der Waals surface area contributed by atoms with Gasteiger partial charge in [-0.15, -0.1) is 0 Å². The van der Waals surface area contributed by atoms with Gasteiger partial charge in [0.05, 0.1) is 6.42 Å². The van der Waals surface area contributed by atoms with Crippen LogP contribution in [0.4, 0.5) is 0 Å². The number of hydrogen-bond acceptors (Lipinski definition) is 4. The topological polar surface area (TPSA) is 38.9 Å². The van der Waals surface area contributed by atoms with Gasteiger partial charge in [0.15, 0.2) is 0 Å². The highest BCUT2D eigenvalue weighted by Crippen LogP contribution is 2.12. The SMILES string of the molecule is Clc1noc(Cc2ccsc2)n1. The van der Waals surface area contributed by atoms with Crippen molar-refractivity contribution in [3.05, 3.63) is 33.6 Å². The number of halogens is 1. The molecule has 12 heavy (non-hydrogen) atoms. The highest BCUT2D eigenvalue weighted by molar-refractivity contribution is 7.07. The molecule has 0 bridgehead atoms. The highest BCUT2D eigenvalue weighted by atomic mass is 35.5. The third kappa shape index (κ3) is 1.65. The number of thiophene rings is 1. The zero-order valence-corrected chi connectivity index (χ0v) is 7.60. The minimum Gasteiger partial charge on any atom is -0.338 e. The first-order valence-corrected chi connectivity index (χ1v) is 4.66. The van der Waals surface area contributed by atoms with Crippen LogP contribution in [0.3, 0.4) is 0 Å². The Morgan fingerprint density at radius 1 is 1.58 bits per heavy atom. The molecule has 62 valence electrons. The van der Waals surface area contributed by atoms with E-state index in [4.69, 9.17) is 16.1 Å². The molecule has 0 aliphatic heterocycles. The van der Waals surface area contributed by atoms with E-state index < -0.39 is 0 Å². The molecule has 2 aromatic heterocycles. The number of rotatable bonds is 2. The van der Waals surface area contributed by atoms with Crippen molar-refractivity contribution in [1.82, 2.24) is 10.1 Å². The van der Waals surface area contributed by atoms with E-state index in [1.165, 1.54) is 5.56 Å². The normalized spacial score (nSPS) is 10.4. The maximum atomic E-state index is 5.49. The fourth-order valence-electron chi connectivity index (χ4n) is 0.874. The Labute approximate surface area is 78.0 Å². The van der Waals surface area contributed by atoms with Crippen LogP contribution in [0.1, 0.15) is 11.5 Å². The summed E-state index contributed by atoms with van der Waals surface area (Å²) in [5.41, 5.74) is 1.17. The monoisotopic (exact) mass is 200 g/mol. The van der Waals surface area contributed by atoms with E-state index in [1.807, 2.05) is 16.8 Å². The van der Waals surface area contributed by atoms with Crippen LogP contribution in [0.2, 0.25) is 5.28 Å². The minimum absolute atomic E-state index is 0.167. The Hall–Kier alpha value is -0.870. The minimum atomic E-state index is 0.167. The lowest BCUT2D eigenvalue weighted by Crippen LogP contribution is -1.83. The lowest BCUT2D eigenvalue weighted by Gasteiger charge is -1.86. The third-order valence-electron chi connectivity index (χ3n) is 1.38. The van der Waals surface area contributed by atoms with E-state index in [0.717, 1.165) is 0 Å². The molecule has 0 atom stereocenters. The smallest absolute Gasteiger partial charge is 0.263 e. The van der Waals surface area contributed by atoms with Crippen molar-refractivity contribution in [3.63, 3.8) is 0 Å². The van der Waals surface area contributed by atoms with Crippen LogP contribution in [0.15, 0.2) is 21.3 Å². The lowest BCUT2D eigenvalue weighted by molar-refractivity contribution is 0.384. The molecule has 2 rings (SSSR count). The Bertz CT molecular complexity index is 357. The Kier molecular flexibility index (Phi) is 2.10. The molecule has 0 aliphatic rings. The van der Waals surface area contributed by atoms with E-state index in [9.17, 15) is 0 Å². The molecule has 5 heteroatoms. The van der Waals surface area contributed by atoms with Crippen molar-refractivity contribution in [2.24, 2.45) is 0 Å². The summed E-state index contributed by atoms with van der Waals surface area (Å²) in [6.07, 6.45) is 0.656. The molecule has 0 radical (unpaired) electrons. The van der Waals surface area contributed by atoms with E-state index in [2.05, 4.69) is 10.1 Å². The van der Waals surface area contributed by atoms with Crippen molar-refractivity contribution in [3.8, 4) is 0 Å². The number of nitrogens with zero attached hydrogens (tertiary/aromatic N) is 2. The van der Waals surface area contributed by atoms with Gasteiger partial charge in [-0.3, -0.25) is 0 Å². The molecule has 0 saturated heterocycles. The summed E-state index contributed by atoms with van der Waals surface area (Å²) in [6.45, 7) is 0. The predicted molar refractivity (Wildman–Crippen MR) is 46.4 cm³/mol. The summed E-state index contributed by atoms with van der Waals surface area (Å²) < 4.78 is 4.85. The van der Waals surface area contributed by atoms with Crippen LogP contribution >= 0.6 is 22.9 Å². The quantitative estimate of drug-likeness (QED) is 0.747. The second-order valence-corrected chi connectivity index (χ2v) is 3.38. The largest absolute Gasteiger partial charge is 0.338 e. The molecular weight excluding hydrogens is 196 g/mol. The van der Waals surface area contributed by atoms with E-state index in [-0.39, 0.29) is 5.28 Å². The van der Waals surface area contributed by atoms with E-state index in [1.54, 1.807) is 11.3 Å². The van der Waals surface area contributed by atoms with Gasteiger partial charge in [0.25, 0.3) is 5.28 Å². The molecule has 0 saturated carbocycles. The summed E-state index contributed by atoms with van der Waals surface area (Å²) in [6, 6.07) is 2.02. The van der Waals surface area contributed by atoms with Gasteiger partial charge in [0.1, 0.15) is 0 Å². The molecule has 0 amide bonds. The van der Waals surface area contributed by atoms with Gasteiger partial charge in [0.2, 0.25) is 5.89 Å². The molecule has 0 N–H and O–H groups in total. The number of hydrogen-bond donors (Lipinski definition) is 0. The Morgan fingerprint density at radius 3 is 3.08 bits per heavy atom. The molecule has 0 aromatic carbocycles. The maximum absolute atomic E-state index is 5.49. The second-order valence-electron chi connectivity index (χ2n) is 2.27. The van der Waals surface area contributed by atoms with Gasteiger partial charge in [-0.05, 0) is 39.1 Å². The van der Waals surface area contributed by atoms with Crippen molar-refractivity contribution in [2.75, 3.05) is 0 Å². The highest BCUT2D eigenvalue weighted by Gasteiger charge is 2.04. The first-order chi connectivity index (χ1) is 5.84. The van der Waals surface area contributed by atoms with Gasteiger partial charge >= 0.3 is 0 Å². The summed E-state index contributed by atoms with van der Waals surface area (Å²) >= 11 is 7.13. The third-order valence-corrected chi connectivity index (χ3v) is 2.26. The number of aromatic nitrogens is 2. The van der Waals surface area contributed by atoms with Crippen molar-refractivity contribution >= 4 is 22.9 Å². The average Bonchev–Trinajstić information content (AvgIpc) is 2.63. The lowest BCUT2D eigenvalue weighted by atomic mass is 10.2. The van der Waals surface area contributed by atoms with Crippen molar-refractivity contribution < 1.29 is 4.52 Å². The van der Waals surface area contributed by atoms with Gasteiger partial charge in [-0.2, -0.15) is 16.3 Å². The van der Waals surface area contributed by atoms with E-state index in [0.29, 0.717) is 12.3 Å². The fourth-order valence-corrected chi connectivity index (χ4v) is 1.67. The molecular formula is C7H5ClN2OS. The summed E-state index contributed by atoms with van der Waals surface area (Å²) in [4.78, 5) is 3.88. The van der Waals surface area contributed by atoms with Gasteiger partial charge < -0.3 is 4.52 Å². The van der Waals surface area contributed by atoms with Crippen LogP contribution in [0.25, 0.3) is 0 Å². The van der Waals surface area contributed by atoms with Crippen LogP contribution in [-0.2, 0) is 6.42 Å². The maximum Gasteiger partial charge on any atom is 0.263 e. The zero-order valence-electron chi connectivity index (χ0n) is 6.03. The van der Waals surface area contributed by atoms with Gasteiger partial charge in [0, 0.05) is 0 Å². The predicted octanol–water partition coefficient (Wildman–Crippen LogP) is 2.38. The molecule has 0 spiro atoms. The molecule has 0 unspecified atom stereocenters. The van der Waals surface area contributed by atoms with Gasteiger partial charge in [-0.1, -0.05) is 0 Å². The first kappa shape index (κ1) is 7.76. The van der Waals surface area contributed by atoms with Crippen LogP contribution < -0.4 is 0 Å². The summed E-state index contributed by atoms with van der Waals surface area (Å²) in [7, 11) is 0. The standard InChI is InChI=1S/C7H5ClN2OS/c8-7-9-6(11-10-7)3-5-1-2-12-4-5/h1-2,4H,3H2. The van der Waals surface area contributed by atoms with Crippen LogP contribution in [0.5, 0.6) is 0 Å². The van der Waals surface area contributed by atoms with Crippen LogP contribution in [-0.4, -0.2) is 10.1 Å². The van der Waals surface area contributed by atoms with E-state index >= 15 is 0 Å². The van der Waals surface area contributed by atoms with Crippen molar-refractivity contribution in [1.29, 1.82) is 0 Å². The van der Waals surface area contributed by atoms with Crippen LogP contribution in [0, 0.1) is 0 Å². The molecule has 3 nitrogen and oxygen atoms in total. The average molecular weight is 201 g/mol. The van der Waals surface area contributed by atoms with Gasteiger partial charge in [-0.25, -0.2) is 0 Å². The molecule has 0 aliphatic carbocycles. The molecule has 2 aromatic rings. The fraction of sp³-hybridized carbons (Fsp3) is 0.143. The van der Waals surface area contributed by atoms with Crippen molar-refractivity contribution in [2.45, 2.75) is 6.42 Å². The molecule has 2 heterocycles. The zero-order chi connectivity index (χ0) is 8.39.